The third-order valence-electron chi connectivity index (χ3n) is 3.20. The SMILES string of the molecule is O=C(Nc1ccccc1C(=O)c1ccccc1)c1cccs1. The summed E-state index contributed by atoms with van der Waals surface area (Å²) in [7, 11) is 0. The van der Waals surface area contributed by atoms with Crippen molar-refractivity contribution in [3.05, 3.63) is 88.1 Å². The van der Waals surface area contributed by atoms with Crippen LogP contribution in [0.4, 0.5) is 5.69 Å². The van der Waals surface area contributed by atoms with Crippen molar-refractivity contribution in [2.75, 3.05) is 5.32 Å². The van der Waals surface area contributed by atoms with Gasteiger partial charge in [-0.05, 0) is 23.6 Å². The van der Waals surface area contributed by atoms with E-state index in [9.17, 15) is 9.59 Å². The Morgan fingerprint density at radius 1 is 0.818 bits per heavy atom. The molecule has 1 N–H and O–H groups in total. The Labute approximate surface area is 132 Å². The van der Waals surface area contributed by atoms with Gasteiger partial charge in [0.05, 0.1) is 10.6 Å². The summed E-state index contributed by atoms with van der Waals surface area (Å²) in [5.41, 5.74) is 1.61. The van der Waals surface area contributed by atoms with Gasteiger partial charge in [0.1, 0.15) is 0 Å². The standard InChI is InChI=1S/C18H13NO2S/c20-17(13-7-2-1-3-8-13)14-9-4-5-10-15(14)19-18(21)16-11-6-12-22-16/h1-12H,(H,19,21). The van der Waals surface area contributed by atoms with Crippen LogP contribution < -0.4 is 5.32 Å². The lowest BCUT2D eigenvalue weighted by Crippen LogP contribution is -2.14. The van der Waals surface area contributed by atoms with Crippen LogP contribution in [0.1, 0.15) is 25.6 Å². The number of amides is 1. The molecule has 2 aromatic carbocycles. The molecule has 1 amide bonds. The van der Waals surface area contributed by atoms with Crippen LogP contribution in [0.5, 0.6) is 0 Å². The minimum Gasteiger partial charge on any atom is -0.321 e. The van der Waals surface area contributed by atoms with Gasteiger partial charge in [0.15, 0.2) is 5.78 Å². The van der Waals surface area contributed by atoms with E-state index in [4.69, 9.17) is 0 Å². The maximum Gasteiger partial charge on any atom is 0.265 e. The number of benzene rings is 2. The first-order valence-electron chi connectivity index (χ1n) is 6.79. The maximum absolute atomic E-state index is 12.6. The molecule has 3 aromatic rings. The van der Waals surface area contributed by atoms with E-state index in [1.54, 1.807) is 42.5 Å². The van der Waals surface area contributed by atoms with Crippen LogP contribution in [0.15, 0.2) is 72.1 Å². The van der Waals surface area contributed by atoms with Crippen LogP contribution in [0.25, 0.3) is 0 Å². The molecule has 3 rings (SSSR count). The first kappa shape index (κ1) is 14.2. The molecule has 108 valence electrons. The lowest BCUT2D eigenvalue weighted by Gasteiger charge is -2.09. The Balaban J connectivity index is 1.90. The third-order valence-corrected chi connectivity index (χ3v) is 4.07. The number of para-hydroxylation sites is 1. The lowest BCUT2D eigenvalue weighted by atomic mass is 10.0. The molecule has 0 aliphatic carbocycles. The summed E-state index contributed by atoms with van der Waals surface area (Å²) in [6.07, 6.45) is 0. The number of thiophene rings is 1. The second-order valence-electron chi connectivity index (χ2n) is 4.67. The highest BCUT2D eigenvalue weighted by Crippen LogP contribution is 2.21. The molecule has 0 fully saturated rings. The molecule has 4 heteroatoms. The highest BCUT2D eigenvalue weighted by Gasteiger charge is 2.15. The number of nitrogens with one attached hydrogen (secondary N) is 1. The van der Waals surface area contributed by atoms with Crippen LogP contribution in [0, 0.1) is 0 Å². The largest absolute Gasteiger partial charge is 0.321 e. The predicted molar refractivity (Wildman–Crippen MR) is 88.6 cm³/mol. The van der Waals surface area contributed by atoms with Crippen molar-refractivity contribution in [2.45, 2.75) is 0 Å². The van der Waals surface area contributed by atoms with E-state index < -0.39 is 0 Å². The van der Waals surface area contributed by atoms with E-state index in [0.29, 0.717) is 21.7 Å². The Morgan fingerprint density at radius 2 is 1.55 bits per heavy atom. The minimum absolute atomic E-state index is 0.109. The second-order valence-corrected chi connectivity index (χ2v) is 5.62. The Hall–Kier alpha value is -2.72. The fraction of sp³-hybridized carbons (Fsp3) is 0. The molecular formula is C18H13NO2S. The van der Waals surface area contributed by atoms with Crippen molar-refractivity contribution < 1.29 is 9.59 Å². The van der Waals surface area contributed by atoms with Gasteiger partial charge in [-0.2, -0.15) is 0 Å². The second kappa shape index (κ2) is 6.37. The smallest absolute Gasteiger partial charge is 0.265 e. The average molecular weight is 307 g/mol. The Morgan fingerprint density at radius 3 is 2.27 bits per heavy atom. The fourth-order valence-corrected chi connectivity index (χ4v) is 2.75. The molecular weight excluding hydrogens is 294 g/mol. The summed E-state index contributed by atoms with van der Waals surface area (Å²) >= 11 is 1.36. The number of rotatable bonds is 4. The molecule has 0 bridgehead atoms. The zero-order valence-corrected chi connectivity index (χ0v) is 12.5. The Kier molecular flexibility index (Phi) is 4.12. The minimum atomic E-state index is -0.205. The quantitative estimate of drug-likeness (QED) is 0.733. The number of anilines is 1. The topological polar surface area (TPSA) is 46.2 Å². The highest BCUT2D eigenvalue weighted by molar-refractivity contribution is 7.12. The molecule has 0 spiro atoms. The number of carbonyl (C=O) groups excluding carboxylic acids is 2. The number of ketones is 1. The number of carbonyl (C=O) groups is 2. The van der Waals surface area contributed by atoms with Crippen molar-refractivity contribution in [2.24, 2.45) is 0 Å². The molecule has 1 heterocycles. The van der Waals surface area contributed by atoms with Crippen molar-refractivity contribution in [3.63, 3.8) is 0 Å². The third kappa shape index (κ3) is 2.97. The summed E-state index contributed by atoms with van der Waals surface area (Å²) in [5, 5.41) is 4.66. The van der Waals surface area contributed by atoms with Crippen molar-refractivity contribution in [1.82, 2.24) is 0 Å². The molecule has 0 saturated carbocycles. The summed E-state index contributed by atoms with van der Waals surface area (Å²) < 4.78 is 0. The maximum atomic E-state index is 12.6. The van der Waals surface area contributed by atoms with Crippen LogP contribution in [-0.2, 0) is 0 Å². The van der Waals surface area contributed by atoms with Gasteiger partial charge in [-0.15, -0.1) is 11.3 Å². The van der Waals surface area contributed by atoms with Crippen LogP contribution >= 0.6 is 11.3 Å². The van der Waals surface area contributed by atoms with Gasteiger partial charge in [-0.1, -0.05) is 48.5 Å². The van der Waals surface area contributed by atoms with Gasteiger partial charge in [0.2, 0.25) is 0 Å². The molecule has 0 radical (unpaired) electrons. The molecule has 22 heavy (non-hydrogen) atoms. The van der Waals surface area contributed by atoms with E-state index in [1.165, 1.54) is 11.3 Å². The molecule has 1 aromatic heterocycles. The summed E-state index contributed by atoms with van der Waals surface area (Å²) in [5.74, 6) is -0.314. The normalized spacial score (nSPS) is 10.2. The number of hydrogen-bond acceptors (Lipinski definition) is 3. The van der Waals surface area contributed by atoms with Crippen LogP contribution in [0.3, 0.4) is 0 Å². The fourth-order valence-electron chi connectivity index (χ4n) is 2.13. The van der Waals surface area contributed by atoms with E-state index >= 15 is 0 Å². The molecule has 0 atom stereocenters. The zero-order chi connectivity index (χ0) is 15.4. The average Bonchev–Trinajstić information content (AvgIpc) is 3.10. The highest BCUT2D eigenvalue weighted by atomic mass is 32.1. The number of hydrogen-bond donors (Lipinski definition) is 1. The predicted octanol–water partition coefficient (Wildman–Crippen LogP) is 4.23. The molecule has 3 nitrogen and oxygen atoms in total. The van der Waals surface area contributed by atoms with Crippen LogP contribution in [-0.4, -0.2) is 11.7 Å². The van der Waals surface area contributed by atoms with E-state index in [2.05, 4.69) is 5.32 Å². The Bertz CT molecular complexity index is 795. The van der Waals surface area contributed by atoms with Crippen LogP contribution in [0.2, 0.25) is 0 Å². The first-order chi connectivity index (χ1) is 10.8. The van der Waals surface area contributed by atoms with Gasteiger partial charge < -0.3 is 5.32 Å². The molecule has 0 unspecified atom stereocenters. The lowest BCUT2D eigenvalue weighted by molar-refractivity contribution is 0.103. The van der Waals surface area contributed by atoms with Crippen molar-refractivity contribution in [3.8, 4) is 0 Å². The molecule has 0 saturated heterocycles. The summed E-state index contributed by atoms with van der Waals surface area (Å²) in [4.78, 5) is 25.4. The van der Waals surface area contributed by atoms with E-state index in [1.807, 2.05) is 29.6 Å². The van der Waals surface area contributed by atoms with E-state index in [0.717, 1.165) is 0 Å². The monoisotopic (exact) mass is 307 g/mol. The van der Waals surface area contributed by atoms with Gasteiger partial charge in [0.25, 0.3) is 5.91 Å². The summed E-state index contributed by atoms with van der Waals surface area (Å²) in [6, 6.07) is 19.6. The molecule has 0 aliphatic rings. The summed E-state index contributed by atoms with van der Waals surface area (Å²) in [6.45, 7) is 0. The first-order valence-corrected chi connectivity index (χ1v) is 7.67. The van der Waals surface area contributed by atoms with Gasteiger partial charge in [-0.3, -0.25) is 9.59 Å². The van der Waals surface area contributed by atoms with Gasteiger partial charge >= 0.3 is 0 Å². The van der Waals surface area contributed by atoms with Gasteiger partial charge in [0, 0.05) is 11.1 Å². The van der Waals surface area contributed by atoms with Crippen molar-refractivity contribution >= 4 is 28.7 Å². The van der Waals surface area contributed by atoms with Gasteiger partial charge in [-0.25, -0.2) is 0 Å². The molecule has 0 aliphatic heterocycles. The van der Waals surface area contributed by atoms with Crippen molar-refractivity contribution in [1.29, 1.82) is 0 Å². The van der Waals surface area contributed by atoms with E-state index in [-0.39, 0.29) is 11.7 Å². The zero-order valence-electron chi connectivity index (χ0n) is 11.7.